The monoisotopic (exact) mass is 317 g/mol. The van der Waals surface area contributed by atoms with Gasteiger partial charge in [-0.3, -0.25) is 9.69 Å². The first-order valence-electron chi connectivity index (χ1n) is 8.67. The molecule has 0 atom stereocenters. The van der Waals surface area contributed by atoms with Crippen LogP contribution in [0, 0.1) is 0 Å². The van der Waals surface area contributed by atoms with Crippen LogP contribution in [0.3, 0.4) is 0 Å². The second kappa shape index (κ2) is 7.32. The lowest BCUT2D eigenvalue weighted by Gasteiger charge is -2.48. The molecule has 3 N–H and O–H groups in total. The van der Waals surface area contributed by atoms with Gasteiger partial charge in [0.25, 0.3) is 5.91 Å². The molecule has 3 rings (SSSR count). The molecular formula is C18H27N3O2. The molecule has 2 aliphatic rings. The molecule has 23 heavy (non-hydrogen) atoms. The maximum atomic E-state index is 12.5. The van der Waals surface area contributed by atoms with Crippen LogP contribution in [0.2, 0.25) is 0 Å². The molecule has 1 aromatic rings. The van der Waals surface area contributed by atoms with Crippen LogP contribution in [-0.2, 0) is 4.74 Å². The fraction of sp³-hybridized carbons (Fsp3) is 0.611. The summed E-state index contributed by atoms with van der Waals surface area (Å²) in [5.74, 6) is -0.0778. The first-order chi connectivity index (χ1) is 11.2. The number of nitrogens with zero attached hydrogens (tertiary/aromatic N) is 1. The van der Waals surface area contributed by atoms with E-state index in [1.54, 1.807) is 12.1 Å². The van der Waals surface area contributed by atoms with Gasteiger partial charge < -0.3 is 15.8 Å². The smallest absolute Gasteiger partial charge is 0.253 e. The van der Waals surface area contributed by atoms with Crippen LogP contribution in [0.1, 0.15) is 42.5 Å². The highest BCUT2D eigenvalue weighted by atomic mass is 16.5. The van der Waals surface area contributed by atoms with Gasteiger partial charge in [0.1, 0.15) is 0 Å². The second-order valence-electron chi connectivity index (χ2n) is 6.65. The third-order valence-electron chi connectivity index (χ3n) is 5.23. The Morgan fingerprint density at radius 3 is 2.57 bits per heavy atom. The van der Waals surface area contributed by atoms with Crippen LogP contribution < -0.4 is 11.1 Å². The third kappa shape index (κ3) is 3.67. The van der Waals surface area contributed by atoms with E-state index in [1.165, 1.54) is 19.3 Å². The maximum Gasteiger partial charge on any atom is 0.253 e. The van der Waals surface area contributed by atoms with Crippen molar-refractivity contribution in [2.24, 2.45) is 0 Å². The van der Waals surface area contributed by atoms with E-state index in [2.05, 4.69) is 10.2 Å². The summed E-state index contributed by atoms with van der Waals surface area (Å²) >= 11 is 0. The number of ether oxygens (including phenoxy) is 1. The van der Waals surface area contributed by atoms with Crippen molar-refractivity contribution in [3.05, 3.63) is 29.8 Å². The van der Waals surface area contributed by atoms with E-state index in [0.29, 0.717) is 17.8 Å². The average Bonchev–Trinajstić information content (AvgIpc) is 2.62. The summed E-state index contributed by atoms with van der Waals surface area (Å²) in [5.41, 5.74) is 7.05. The van der Waals surface area contributed by atoms with E-state index >= 15 is 0 Å². The summed E-state index contributed by atoms with van der Waals surface area (Å²) in [6.07, 6.45) is 5.79. The summed E-state index contributed by atoms with van der Waals surface area (Å²) in [7, 11) is 0. The van der Waals surface area contributed by atoms with Crippen molar-refractivity contribution >= 4 is 11.6 Å². The Labute approximate surface area is 138 Å². The molecule has 126 valence electrons. The summed E-state index contributed by atoms with van der Waals surface area (Å²) in [6, 6.07) is 7.24. The number of amides is 1. The van der Waals surface area contributed by atoms with Gasteiger partial charge >= 0.3 is 0 Å². The van der Waals surface area contributed by atoms with Crippen LogP contribution in [0.5, 0.6) is 0 Å². The molecule has 0 aromatic heterocycles. The SMILES string of the molecule is Nc1ccccc1C(=O)NCC1(N2CCCCC2)CCOCC1. The number of carbonyl (C=O) groups is 1. The molecule has 0 aliphatic carbocycles. The minimum atomic E-state index is -0.0778. The molecule has 0 bridgehead atoms. The standard InChI is InChI=1S/C18H27N3O2/c19-16-7-3-2-6-15(16)17(22)20-14-18(8-12-23-13-9-18)21-10-4-1-5-11-21/h2-3,6-7H,1,4-5,8-14,19H2,(H,20,22). The molecule has 5 heteroatoms. The Kier molecular flexibility index (Phi) is 5.18. The molecule has 0 spiro atoms. The molecule has 2 fully saturated rings. The highest BCUT2D eigenvalue weighted by Gasteiger charge is 2.39. The normalized spacial score (nSPS) is 21.7. The predicted molar refractivity (Wildman–Crippen MR) is 91.4 cm³/mol. The summed E-state index contributed by atoms with van der Waals surface area (Å²) < 4.78 is 5.57. The van der Waals surface area contributed by atoms with Gasteiger partial charge in [0, 0.05) is 31.0 Å². The van der Waals surface area contributed by atoms with Crippen molar-refractivity contribution in [3.8, 4) is 0 Å². The molecule has 1 aromatic carbocycles. The number of benzene rings is 1. The van der Waals surface area contributed by atoms with Crippen LogP contribution in [0.15, 0.2) is 24.3 Å². The Morgan fingerprint density at radius 1 is 1.17 bits per heavy atom. The van der Waals surface area contributed by atoms with Crippen molar-refractivity contribution in [2.75, 3.05) is 38.6 Å². The molecule has 1 amide bonds. The average molecular weight is 317 g/mol. The van der Waals surface area contributed by atoms with E-state index in [-0.39, 0.29) is 11.4 Å². The molecule has 2 heterocycles. The number of nitrogens with two attached hydrogens (primary N) is 1. The van der Waals surface area contributed by atoms with Gasteiger partial charge in [0.2, 0.25) is 0 Å². The first-order valence-corrected chi connectivity index (χ1v) is 8.67. The number of hydrogen-bond acceptors (Lipinski definition) is 4. The highest BCUT2D eigenvalue weighted by molar-refractivity contribution is 5.99. The van der Waals surface area contributed by atoms with Crippen LogP contribution in [0.25, 0.3) is 0 Å². The van der Waals surface area contributed by atoms with Gasteiger partial charge in [-0.15, -0.1) is 0 Å². The maximum absolute atomic E-state index is 12.5. The van der Waals surface area contributed by atoms with Crippen LogP contribution in [-0.4, -0.2) is 49.2 Å². The topological polar surface area (TPSA) is 67.6 Å². The number of piperidine rings is 1. The summed E-state index contributed by atoms with van der Waals surface area (Å²) in [5, 5.41) is 3.13. The zero-order valence-electron chi connectivity index (χ0n) is 13.7. The van der Waals surface area contributed by atoms with Crippen LogP contribution in [0.4, 0.5) is 5.69 Å². The highest BCUT2D eigenvalue weighted by Crippen LogP contribution is 2.30. The zero-order valence-corrected chi connectivity index (χ0v) is 13.7. The molecule has 0 saturated carbocycles. The predicted octanol–water partition coefficient (Wildman–Crippen LogP) is 2.03. The van der Waals surface area contributed by atoms with E-state index in [4.69, 9.17) is 10.5 Å². The molecular weight excluding hydrogens is 290 g/mol. The minimum absolute atomic E-state index is 0.0396. The summed E-state index contributed by atoms with van der Waals surface area (Å²) in [4.78, 5) is 15.1. The fourth-order valence-electron chi connectivity index (χ4n) is 3.77. The Bertz CT molecular complexity index is 535. The Morgan fingerprint density at radius 2 is 1.87 bits per heavy atom. The number of carbonyl (C=O) groups excluding carboxylic acids is 1. The quantitative estimate of drug-likeness (QED) is 0.834. The van der Waals surface area contributed by atoms with Crippen molar-refractivity contribution in [3.63, 3.8) is 0 Å². The largest absolute Gasteiger partial charge is 0.398 e. The van der Waals surface area contributed by atoms with E-state index in [0.717, 1.165) is 39.1 Å². The second-order valence-corrected chi connectivity index (χ2v) is 6.65. The van der Waals surface area contributed by atoms with Crippen molar-refractivity contribution in [1.82, 2.24) is 10.2 Å². The number of anilines is 1. The van der Waals surface area contributed by atoms with Crippen molar-refractivity contribution < 1.29 is 9.53 Å². The number of nitrogen functional groups attached to an aromatic ring is 1. The lowest BCUT2D eigenvalue weighted by Crippen LogP contribution is -2.59. The number of para-hydroxylation sites is 1. The van der Waals surface area contributed by atoms with Gasteiger partial charge in [-0.25, -0.2) is 0 Å². The first kappa shape index (κ1) is 16.3. The molecule has 0 unspecified atom stereocenters. The van der Waals surface area contributed by atoms with Crippen molar-refractivity contribution in [1.29, 1.82) is 0 Å². The number of likely N-dealkylation sites (tertiary alicyclic amines) is 1. The number of rotatable bonds is 4. The molecule has 2 aliphatic heterocycles. The fourth-order valence-corrected chi connectivity index (χ4v) is 3.77. The van der Waals surface area contributed by atoms with Gasteiger partial charge in [0.15, 0.2) is 0 Å². The minimum Gasteiger partial charge on any atom is -0.398 e. The van der Waals surface area contributed by atoms with Gasteiger partial charge in [0.05, 0.1) is 5.56 Å². The number of nitrogens with one attached hydrogen (secondary N) is 1. The van der Waals surface area contributed by atoms with E-state index in [1.807, 2.05) is 12.1 Å². The Balaban J connectivity index is 1.69. The van der Waals surface area contributed by atoms with E-state index < -0.39 is 0 Å². The molecule has 2 saturated heterocycles. The third-order valence-corrected chi connectivity index (χ3v) is 5.23. The summed E-state index contributed by atoms with van der Waals surface area (Å²) in [6.45, 7) is 4.48. The van der Waals surface area contributed by atoms with E-state index in [9.17, 15) is 4.79 Å². The lowest BCUT2D eigenvalue weighted by atomic mass is 9.86. The zero-order chi connectivity index (χ0) is 16.1. The van der Waals surface area contributed by atoms with Crippen LogP contribution >= 0.6 is 0 Å². The van der Waals surface area contributed by atoms with Gasteiger partial charge in [-0.1, -0.05) is 18.6 Å². The lowest BCUT2D eigenvalue weighted by molar-refractivity contribution is -0.0349. The number of hydrogen-bond donors (Lipinski definition) is 2. The van der Waals surface area contributed by atoms with Gasteiger partial charge in [-0.05, 0) is 50.9 Å². The Hall–Kier alpha value is -1.59. The van der Waals surface area contributed by atoms with Crippen molar-refractivity contribution in [2.45, 2.75) is 37.6 Å². The molecule has 5 nitrogen and oxygen atoms in total. The molecule has 0 radical (unpaired) electrons. The van der Waals surface area contributed by atoms with Gasteiger partial charge in [-0.2, -0.15) is 0 Å².